The fourth-order valence-corrected chi connectivity index (χ4v) is 3.38. The van der Waals surface area contributed by atoms with Crippen molar-refractivity contribution in [3.05, 3.63) is 65.9 Å². The van der Waals surface area contributed by atoms with Crippen molar-refractivity contribution in [2.75, 3.05) is 11.9 Å². The number of aromatic nitrogens is 1. The largest absolute Gasteiger partial charge is 0.383 e. The highest BCUT2D eigenvalue weighted by molar-refractivity contribution is 5.92. The SMILES string of the molecule is O=C(NCC1(O)CCc2ccccc21)Nc1ccc2cc[nH]c2c1. The minimum absolute atomic E-state index is 0.195. The predicted molar refractivity (Wildman–Crippen MR) is 94.0 cm³/mol. The van der Waals surface area contributed by atoms with Crippen LogP contribution in [0.15, 0.2) is 54.7 Å². The molecule has 0 saturated heterocycles. The van der Waals surface area contributed by atoms with Gasteiger partial charge in [0.05, 0.1) is 6.54 Å². The fourth-order valence-electron chi connectivity index (χ4n) is 3.38. The second kappa shape index (κ2) is 5.69. The van der Waals surface area contributed by atoms with Crippen molar-refractivity contribution in [2.45, 2.75) is 18.4 Å². The van der Waals surface area contributed by atoms with Gasteiger partial charge in [0.1, 0.15) is 5.60 Å². The lowest BCUT2D eigenvalue weighted by atomic mass is 9.96. The van der Waals surface area contributed by atoms with Gasteiger partial charge in [-0.25, -0.2) is 4.79 Å². The van der Waals surface area contributed by atoms with E-state index in [0.29, 0.717) is 12.1 Å². The van der Waals surface area contributed by atoms with E-state index in [1.54, 1.807) is 0 Å². The molecule has 3 aromatic rings. The summed E-state index contributed by atoms with van der Waals surface area (Å²) in [5, 5.41) is 17.5. The molecule has 4 rings (SSSR count). The Kier molecular flexibility index (Phi) is 3.50. The number of hydrogen-bond acceptors (Lipinski definition) is 2. The molecule has 1 unspecified atom stereocenters. The zero-order chi connectivity index (χ0) is 16.6. The minimum atomic E-state index is -0.989. The number of carbonyl (C=O) groups is 1. The maximum Gasteiger partial charge on any atom is 0.319 e. The Morgan fingerprint density at radius 3 is 3.00 bits per heavy atom. The number of benzene rings is 2. The molecule has 0 fully saturated rings. The van der Waals surface area contributed by atoms with Gasteiger partial charge in [-0.3, -0.25) is 0 Å². The molecule has 1 aliphatic rings. The van der Waals surface area contributed by atoms with Crippen molar-refractivity contribution in [2.24, 2.45) is 0 Å². The molecule has 5 nitrogen and oxygen atoms in total. The van der Waals surface area contributed by atoms with Crippen molar-refractivity contribution in [1.82, 2.24) is 10.3 Å². The first-order chi connectivity index (χ1) is 11.6. The van der Waals surface area contributed by atoms with E-state index in [1.807, 2.05) is 54.7 Å². The molecule has 5 heteroatoms. The molecule has 0 spiro atoms. The molecule has 4 N–H and O–H groups in total. The van der Waals surface area contributed by atoms with Gasteiger partial charge in [0.25, 0.3) is 0 Å². The molecule has 0 saturated carbocycles. The zero-order valence-electron chi connectivity index (χ0n) is 13.2. The third-order valence-electron chi connectivity index (χ3n) is 4.68. The smallest absolute Gasteiger partial charge is 0.319 e. The molecule has 1 aliphatic carbocycles. The van der Waals surface area contributed by atoms with E-state index in [1.165, 1.54) is 0 Å². The van der Waals surface area contributed by atoms with E-state index in [9.17, 15) is 9.90 Å². The Bertz CT molecular complexity index is 902. The number of carbonyl (C=O) groups excluding carboxylic acids is 1. The van der Waals surface area contributed by atoms with Crippen LogP contribution >= 0.6 is 0 Å². The van der Waals surface area contributed by atoms with Gasteiger partial charge in [0, 0.05) is 17.4 Å². The van der Waals surface area contributed by atoms with Crippen LogP contribution in [0.1, 0.15) is 17.5 Å². The Morgan fingerprint density at radius 1 is 1.21 bits per heavy atom. The quantitative estimate of drug-likeness (QED) is 0.598. The summed E-state index contributed by atoms with van der Waals surface area (Å²) in [6.45, 7) is 0.195. The van der Waals surface area contributed by atoms with Gasteiger partial charge in [0.2, 0.25) is 0 Å². The summed E-state index contributed by atoms with van der Waals surface area (Å²) in [6, 6.07) is 15.2. The number of aryl methyl sites for hydroxylation is 1. The highest BCUT2D eigenvalue weighted by Gasteiger charge is 2.36. The summed E-state index contributed by atoms with van der Waals surface area (Å²) in [4.78, 5) is 15.3. The third-order valence-corrected chi connectivity index (χ3v) is 4.68. The maximum atomic E-state index is 12.2. The van der Waals surface area contributed by atoms with E-state index in [0.717, 1.165) is 28.5 Å². The number of nitrogens with one attached hydrogen (secondary N) is 3. The van der Waals surface area contributed by atoms with Gasteiger partial charge < -0.3 is 20.7 Å². The third kappa shape index (κ3) is 2.63. The molecule has 0 bridgehead atoms. The van der Waals surface area contributed by atoms with Gasteiger partial charge in [-0.2, -0.15) is 0 Å². The van der Waals surface area contributed by atoms with E-state index in [2.05, 4.69) is 15.6 Å². The van der Waals surface area contributed by atoms with Crippen LogP contribution in [-0.4, -0.2) is 22.7 Å². The Labute approximate surface area is 139 Å². The Balaban J connectivity index is 1.41. The van der Waals surface area contributed by atoms with E-state index in [4.69, 9.17) is 0 Å². The summed E-state index contributed by atoms with van der Waals surface area (Å²) in [6.07, 6.45) is 3.32. The summed E-state index contributed by atoms with van der Waals surface area (Å²) >= 11 is 0. The topological polar surface area (TPSA) is 77.2 Å². The Hall–Kier alpha value is -2.79. The lowest BCUT2D eigenvalue weighted by Gasteiger charge is -2.24. The first-order valence-electron chi connectivity index (χ1n) is 8.07. The van der Waals surface area contributed by atoms with Gasteiger partial charge in [-0.1, -0.05) is 30.3 Å². The van der Waals surface area contributed by atoms with Crippen LogP contribution in [0, 0.1) is 0 Å². The molecule has 1 aromatic heterocycles. The van der Waals surface area contributed by atoms with Crippen LogP contribution in [0.25, 0.3) is 10.9 Å². The molecular weight excluding hydrogens is 302 g/mol. The summed E-state index contributed by atoms with van der Waals surface area (Å²) in [7, 11) is 0. The number of fused-ring (bicyclic) bond motifs is 2. The van der Waals surface area contributed by atoms with Crippen molar-refractivity contribution < 1.29 is 9.90 Å². The highest BCUT2D eigenvalue weighted by Crippen LogP contribution is 2.36. The van der Waals surface area contributed by atoms with Crippen molar-refractivity contribution in [1.29, 1.82) is 0 Å². The van der Waals surface area contributed by atoms with E-state index in [-0.39, 0.29) is 12.6 Å². The highest BCUT2D eigenvalue weighted by atomic mass is 16.3. The monoisotopic (exact) mass is 321 g/mol. The average Bonchev–Trinajstić information content (AvgIpc) is 3.18. The zero-order valence-corrected chi connectivity index (χ0v) is 13.2. The molecule has 1 heterocycles. The molecule has 2 amide bonds. The Morgan fingerprint density at radius 2 is 2.08 bits per heavy atom. The van der Waals surface area contributed by atoms with Gasteiger partial charge in [-0.05, 0) is 47.6 Å². The van der Waals surface area contributed by atoms with Crippen molar-refractivity contribution >= 4 is 22.6 Å². The van der Waals surface area contributed by atoms with Crippen LogP contribution in [0.5, 0.6) is 0 Å². The number of aromatic amines is 1. The van der Waals surface area contributed by atoms with Gasteiger partial charge >= 0.3 is 6.03 Å². The number of rotatable bonds is 3. The number of urea groups is 1. The normalized spacial score (nSPS) is 19.2. The summed E-state index contributed by atoms with van der Waals surface area (Å²) < 4.78 is 0. The van der Waals surface area contributed by atoms with Crippen LogP contribution < -0.4 is 10.6 Å². The van der Waals surface area contributed by atoms with Crippen molar-refractivity contribution in [3.8, 4) is 0 Å². The lowest BCUT2D eigenvalue weighted by molar-refractivity contribution is 0.0417. The minimum Gasteiger partial charge on any atom is -0.383 e. The summed E-state index contributed by atoms with van der Waals surface area (Å²) in [5.41, 5.74) is 2.76. The number of amides is 2. The standard InChI is InChI=1S/C19H19N3O2/c23-18(22-15-6-5-14-8-10-20-17(14)11-15)21-12-19(24)9-7-13-3-1-2-4-16(13)19/h1-6,8,10-11,20,24H,7,9,12H2,(H2,21,22,23). The fraction of sp³-hybridized carbons (Fsp3) is 0.211. The first-order valence-corrected chi connectivity index (χ1v) is 8.07. The maximum absolute atomic E-state index is 12.2. The summed E-state index contributed by atoms with van der Waals surface area (Å²) in [5.74, 6) is 0. The van der Waals surface area contributed by atoms with Crippen LogP contribution in [0.3, 0.4) is 0 Å². The van der Waals surface area contributed by atoms with Crippen molar-refractivity contribution in [3.63, 3.8) is 0 Å². The molecule has 2 aromatic carbocycles. The van der Waals surface area contributed by atoms with Gasteiger partial charge in [0.15, 0.2) is 0 Å². The number of H-pyrrole nitrogens is 1. The lowest BCUT2D eigenvalue weighted by Crippen LogP contribution is -2.41. The second-order valence-corrected chi connectivity index (χ2v) is 6.28. The molecular formula is C19H19N3O2. The first kappa shape index (κ1) is 14.8. The molecule has 0 aliphatic heterocycles. The van der Waals surface area contributed by atoms with E-state index < -0.39 is 5.60 Å². The van der Waals surface area contributed by atoms with E-state index >= 15 is 0 Å². The number of hydrogen-bond donors (Lipinski definition) is 4. The van der Waals surface area contributed by atoms with Gasteiger partial charge in [-0.15, -0.1) is 0 Å². The number of aliphatic hydroxyl groups is 1. The van der Waals surface area contributed by atoms with Crippen LogP contribution in [0.2, 0.25) is 0 Å². The molecule has 0 radical (unpaired) electrons. The van der Waals surface area contributed by atoms with Crippen LogP contribution in [0.4, 0.5) is 10.5 Å². The second-order valence-electron chi connectivity index (χ2n) is 6.28. The van der Waals surface area contributed by atoms with Crippen LogP contribution in [-0.2, 0) is 12.0 Å². The number of anilines is 1. The predicted octanol–water partition coefficient (Wildman–Crippen LogP) is 3.12. The average molecular weight is 321 g/mol. The molecule has 24 heavy (non-hydrogen) atoms. The molecule has 1 atom stereocenters. The molecule has 122 valence electrons.